The van der Waals surface area contributed by atoms with Gasteiger partial charge in [-0.3, -0.25) is 4.74 Å². The van der Waals surface area contributed by atoms with Gasteiger partial charge >= 0.3 is 6.36 Å². The molecule has 1 aliphatic rings. The average Bonchev–Trinajstić information content (AvgIpc) is 1.77. The number of alkyl halides is 3. The van der Waals surface area contributed by atoms with Crippen molar-refractivity contribution in [1.29, 1.82) is 0 Å². The zero-order valence-electron chi connectivity index (χ0n) is 6.36. The summed E-state index contributed by atoms with van der Waals surface area (Å²) in [5, 5.41) is 0. The van der Waals surface area contributed by atoms with Crippen molar-refractivity contribution in [3.63, 3.8) is 0 Å². The third-order valence-electron chi connectivity index (χ3n) is 1.87. The Morgan fingerprint density at radius 2 is 1.83 bits per heavy atom. The largest absolute Gasteiger partial charge is 0.522 e. The lowest BCUT2D eigenvalue weighted by Crippen LogP contribution is -2.51. The molecule has 2 N–H and O–H groups in total. The molecule has 0 amide bonds. The molecule has 1 aliphatic carbocycles. The summed E-state index contributed by atoms with van der Waals surface area (Å²) in [4.78, 5) is 0. The van der Waals surface area contributed by atoms with Crippen molar-refractivity contribution in [1.82, 2.24) is 0 Å². The Morgan fingerprint density at radius 1 is 1.33 bits per heavy atom. The molecule has 0 saturated heterocycles. The molecule has 6 heteroatoms. The van der Waals surface area contributed by atoms with Gasteiger partial charge in [0.1, 0.15) is 0 Å². The fourth-order valence-corrected chi connectivity index (χ4v) is 1.00. The first-order valence-electron chi connectivity index (χ1n) is 3.41. The van der Waals surface area contributed by atoms with Gasteiger partial charge in [-0.15, -0.1) is 25.6 Å². The van der Waals surface area contributed by atoms with Crippen LogP contribution in [0.2, 0.25) is 0 Å². The van der Waals surface area contributed by atoms with Crippen LogP contribution in [0.4, 0.5) is 13.2 Å². The molecule has 0 aromatic carbocycles. The van der Waals surface area contributed by atoms with E-state index in [4.69, 9.17) is 5.73 Å². The highest BCUT2D eigenvalue weighted by Crippen LogP contribution is 2.31. The second kappa shape index (κ2) is 3.81. The van der Waals surface area contributed by atoms with E-state index in [0.717, 1.165) is 6.42 Å². The summed E-state index contributed by atoms with van der Waals surface area (Å²) < 4.78 is 38.0. The fourth-order valence-electron chi connectivity index (χ4n) is 1.00. The molecule has 2 nitrogen and oxygen atoms in total. The molecule has 0 aromatic heterocycles. The minimum absolute atomic E-state index is 0. The summed E-state index contributed by atoms with van der Waals surface area (Å²) in [7, 11) is 0. The molecule has 0 atom stereocenters. The predicted octanol–water partition coefficient (Wildman–Crippen LogP) is 1.83. The van der Waals surface area contributed by atoms with Gasteiger partial charge in [-0.25, -0.2) is 0 Å². The molecule has 0 unspecified atom stereocenters. The summed E-state index contributed by atoms with van der Waals surface area (Å²) in [6.45, 7) is -0.406. The number of hydrogen-bond acceptors (Lipinski definition) is 2. The van der Waals surface area contributed by atoms with E-state index < -0.39 is 18.5 Å². The smallest absolute Gasteiger partial charge is 0.323 e. The minimum atomic E-state index is -4.54. The maximum atomic E-state index is 11.5. The Labute approximate surface area is 74.7 Å². The second-order valence-electron chi connectivity index (χ2n) is 2.95. The van der Waals surface area contributed by atoms with E-state index in [0.29, 0.717) is 12.8 Å². The maximum Gasteiger partial charge on any atom is 0.522 e. The van der Waals surface area contributed by atoms with E-state index in [1.807, 2.05) is 0 Å². The number of hydrogen-bond donors (Lipinski definition) is 1. The van der Waals surface area contributed by atoms with E-state index in [1.54, 1.807) is 0 Å². The SMILES string of the molecule is Cl.NC1(COC(F)(F)F)CCC1. The number of ether oxygens (including phenoxy) is 1. The molecule has 12 heavy (non-hydrogen) atoms. The lowest BCUT2D eigenvalue weighted by atomic mass is 9.78. The summed E-state index contributed by atoms with van der Waals surface area (Å²) >= 11 is 0. The number of halogens is 4. The van der Waals surface area contributed by atoms with E-state index in [9.17, 15) is 13.2 Å². The molecular weight excluding hydrogens is 195 g/mol. The molecule has 0 bridgehead atoms. The molecule has 0 heterocycles. The lowest BCUT2D eigenvalue weighted by Gasteiger charge is -2.37. The van der Waals surface area contributed by atoms with Crippen LogP contribution in [-0.4, -0.2) is 18.5 Å². The van der Waals surface area contributed by atoms with Gasteiger partial charge in [-0.1, -0.05) is 0 Å². The van der Waals surface area contributed by atoms with Crippen LogP contribution >= 0.6 is 12.4 Å². The van der Waals surface area contributed by atoms with Crippen LogP contribution in [-0.2, 0) is 4.74 Å². The Bertz CT molecular complexity index is 146. The summed E-state index contributed by atoms with van der Waals surface area (Å²) in [6.07, 6.45) is -2.38. The Hall–Kier alpha value is -0.0000000000000000555. The van der Waals surface area contributed by atoms with Crippen LogP contribution in [0.25, 0.3) is 0 Å². The van der Waals surface area contributed by atoms with Crippen molar-refractivity contribution in [2.45, 2.75) is 31.2 Å². The zero-order valence-corrected chi connectivity index (χ0v) is 7.17. The molecule has 1 saturated carbocycles. The van der Waals surface area contributed by atoms with Crippen LogP contribution in [0.1, 0.15) is 19.3 Å². The first-order valence-corrected chi connectivity index (χ1v) is 3.41. The number of rotatable bonds is 2. The van der Waals surface area contributed by atoms with Crippen molar-refractivity contribution in [3.05, 3.63) is 0 Å². The monoisotopic (exact) mass is 205 g/mol. The second-order valence-corrected chi connectivity index (χ2v) is 2.95. The quantitative estimate of drug-likeness (QED) is 0.747. The minimum Gasteiger partial charge on any atom is -0.323 e. The molecule has 0 aliphatic heterocycles. The molecule has 1 fully saturated rings. The van der Waals surface area contributed by atoms with Crippen molar-refractivity contribution < 1.29 is 17.9 Å². The van der Waals surface area contributed by atoms with E-state index >= 15 is 0 Å². The predicted molar refractivity (Wildman–Crippen MR) is 40.0 cm³/mol. The van der Waals surface area contributed by atoms with Gasteiger partial charge in [0.2, 0.25) is 0 Å². The summed E-state index contributed by atoms with van der Waals surface area (Å²) in [5.74, 6) is 0. The van der Waals surface area contributed by atoms with Gasteiger partial charge in [0.15, 0.2) is 0 Å². The van der Waals surface area contributed by atoms with Crippen LogP contribution in [0.5, 0.6) is 0 Å². The van der Waals surface area contributed by atoms with Crippen LogP contribution in [0, 0.1) is 0 Å². The lowest BCUT2D eigenvalue weighted by molar-refractivity contribution is -0.331. The third-order valence-corrected chi connectivity index (χ3v) is 1.87. The molecule has 74 valence electrons. The van der Waals surface area contributed by atoms with Gasteiger partial charge in [0.05, 0.1) is 6.61 Å². The van der Waals surface area contributed by atoms with Gasteiger partial charge in [-0.05, 0) is 19.3 Å². The highest BCUT2D eigenvalue weighted by molar-refractivity contribution is 5.85. The summed E-state index contributed by atoms with van der Waals surface area (Å²) in [5.41, 5.74) is 4.77. The Kier molecular flexibility index (Phi) is 3.81. The van der Waals surface area contributed by atoms with Crippen molar-refractivity contribution in [3.8, 4) is 0 Å². The van der Waals surface area contributed by atoms with Gasteiger partial charge in [-0.2, -0.15) is 0 Å². The standard InChI is InChI=1S/C6H10F3NO.ClH/c7-6(8,9)11-4-5(10)2-1-3-5;/h1-4,10H2;1H. The molecule has 0 aromatic rings. The first-order chi connectivity index (χ1) is 4.91. The highest BCUT2D eigenvalue weighted by atomic mass is 35.5. The maximum absolute atomic E-state index is 11.5. The van der Waals surface area contributed by atoms with Crippen LogP contribution < -0.4 is 5.73 Å². The summed E-state index contributed by atoms with van der Waals surface area (Å²) in [6, 6.07) is 0. The topological polar surface area (TPSA) is 35.2 Å². The molecular formula is C6H11ClF3NO. The van der Waals surface area contributed by atoms with Crippen molar-refractivity contribution in [2.75, 3.05) is 6.61 Å². The Balaban J connectivity index is 0.00000121. The first kappa shape index (κ1) is 12.0. The van der Waals surface area contributed by atoms with Gasteiger partial charge < -0.3 is 5.73 Å². The zero-order chi connectivity index (χ0) is 8.54. The highest BCUT2D eigenvalue weighted by Gasteiger charge is 2.38. The van der Waals surface area contributed by atoms with Crippen molar-refractivity contribution >= 4 is 12.4 Å². The van der Waals surface area contributed by atoms with Crippen LogP contribution in [0.15, 0.2) is 0 Å². The Morgan fingerprint density at radius 3 is 2.08 bits per heavy atom. The molecule has 1 rings (SSSR count). The normalized spacial score (nSPS) is 21.0. The van der Waals surface area contributed by atoms with Crippen molar-refractivity contribution in [2.24, 2.45) is 5.73 Å². The fraction of sp³-hybridized carbons (Fsp3) is 1.00. The van der Waals surface area contributed by atoms with E-state index in [-0.39, 0.29) is 12.4 Å². The van der Waals surface area contributed by atoms with E-state index in [2.05, 4.69) is 4.74 Å². The molecule has 0 radical (unpaired) electrons. The molecule has 0 spiro atoms. The van der Waals surface area contributed by atoms with Gasteiger partial charge in [0, 0.05) is 5.54 Å². The average molecular weight is 206 g/mol. The number of nitrogens with two attached hydrogens (primary N) is 1. The van der Waals surface area contributed by atoms with Crippen LogP contribution in [0.3, 0.4) is 0 Å². The third kappa shape index (κ3) is 3.60. The van der Waals surface area contributed by atoms with Gasteiger partial charge in [0.25, 0.3) is 0 Å². The van der Waals surface area contributed by atoms with E-state index in [1.165, 1.54) is 0 Å².